The van der Waals surface area contributed by atoms with Crippen LogP contribution >= 0.6 is 0 Å². The number of fused-ring (bicyclic) bond motifs is 2. The van der Waals surface area contributed by atoms with Gasteiger partial charge in [-0.3, -0.25) is 4.79 Å². The Morgan fingerprint density at radius 1 is 1.17 bits per heavy atom. The fourth-order valence-electron chi connectivity index (χ4n) is 3.19. The molecule has 1 aliphatic rings. The highest BCUT2D eigenvalue weighted by atomic mass is 16.6. The van der Waals surface area contributed by atoms with Crippen LogP contribution in [0, 0.1) is 13.8 Å². The van der Waals surface area contributed by atoms with Crippen molar-refractivity contribution in [2.45, 2.75) is 27.4 Å². The normalized spacial score (nSPS) is 12.3. The first kappa shape index (κ1) is 20.2. The Morgan fingerprint density at radius 2 is 1.86 bits per heavy atom. The van der Waals surface area contributed by atoms with Gasteiger partial charge in [-0.15, -0.1) is 0 Å². The number of ether oxygens (including phenoxy) is 3. The number of benzene rings is 2. The van der Waals surface area contributed by atoms with Crippen molar-refractivity contribution < 1.29 is 43.9 Å². The zero-order chi connectivity index (χ0) is 21.5. The first-order valence-corrected chi connectivity index (χ1v) is 8.64. The molecular weight excluding hydrogens is 384 g/mol. The Labute approximate surface area is 165 Å². The Morgan fingerprint density at radius 3 is 2.45 bits per heavy atom. The molecule has 0 unspecified atom stereocenters. The molecule has 9 nitrogen and oxygen atoms in total. The van der Waals surface area contributed by atoms with E-state index < -0.39 is 29.0 Å². The van der Waals surface area contributed by atoms with Crippen molar-refractivity contribution in [3.05, 3.63) is 39.4 Å². The number of carboxylic acid groups (broad SMARTS) is 1. The minimum Gasteiger partial charge on any atom is -0.507 e. The lowest BCUT2D eigenvalue weighted by atomic mass is 10.0. The summed E-state index contributed by atoms with van der Waals surface area (Å²) in [7, 11) is 0. The minimum absolute atomic E-state index is 0.0243. The smallest absolute Gasteiger partial charge is 0.347 e. The number of aldehydes is 1. The monoisotopic (exact) mass is 402 g/mol. The van der Waals surface area contributed by atoms with E-state index in [1.165, 1.54) is 19.9 Å². The summed E-state index contributed by atoms with van der Waals surface area (Å²) in [4.78, 5) is 36.0. The second kappa shape index (κ2) is 7.44. The molecule has 0 spiro atoms. The van der Waals surface area contributed by atoms with Crippen molar-refractivity contribution in [2.75, 3.05) is 6.61 Å². The van der Waals surface area contributed by atoms with E-state index in [0.717, 1.165) is 0 Å². The number of rotatable bonds is 5. The summed E-state index contributed by atoms with van der Waals surface area (Å²) in [5.41, 5.74) is -0.662. The van der Waals surface area contributed by atoms with E-state index >= 15 is 0 Å². The van der Waals surface area contributed by atoms with E-state index in [2.05, 4.69) is 0 Å². The van der Waals surface area contributed by atoms with Crippen LogP contribution < -0.4 is 9.47 Å². The zero-order valence-electron chi connectivity index (χ0n) is 15.9. The molecule has 3 N–H and O–H groups in total. The van der Waals surface area contributed by atoms with Gasteiger partial charge >= 0.3 is 11.9 Å². The molecule has 2 aromatic carbocycles. The third-order valence-corrected chi connectivity index (χ3v) is 4.60. The molecule has 152 valence electrons. The van der Waals surface area contributed by atoms with Crippen molar-refractivity contribution in [1.82, 2.24) is 0 Å². The number of esters is 1. The fourth-order valence-corrected chi connectivity index (χ4v) is 3.19. The molecule has 0 fully saturated rings. The predicted molar refractivity (Wildman–Crippen MR) is 98.4 cm³/mol. The minimum atomic E-state index is -1.43. The summed E-state index contributed by atoms with van der Waals surface area (Å²) in [6.45, 7) is 4.58. The summed E-state index contributed by atoms with van der Waals surface area (Å²) >= 11 is 0. The van der Waals surface area contributed by atoms with Crippen LogP contribution in [-0.4, -0.2) is 40.2 Å². The number of phenolic OH excluding ortho intramolecular Hbond substituents is 1. The SMILES string of the molecule is CCOCc1c(O)c(C(=O)O)c(C)c2c1OC(=O)c1c(C)cc(O)c(C=O)c1O2. The van der Waals surface area contributed by atoms with E-state index in [1.807, 2.05) is 0 Å². The van der Waals surface area contributed by atoms with E-state index in [4.69, 9.17) is 14.2 Å². The van der Waals surface area contributed by atoms with Crippen molar-refractivity contribution >= 4 is 18.2 Å². The molecule has 2 aromatic rings. The third-order valence-electron chi connectivity index (χ3n) is 4.60. The van der Waals surface area contributed by atoms with Gasteiger partial charge in [-0.25, -0.2) is 9.59 Å². The highest BCUT2D eigenvalue weighted by Gasteiger charge is 2.35. The summed E-state index contributed by atoms with van der Waals surface area (Å²) < 4.78 is 16.5. The standard InChI is InChI=1S/C20H18O9/c1-4-27-7-11-15(23)14(19(24)25)9(3)16-18(11)29-20(26)13-8(2)5-12(22)10(6-21)17(13)28-16/h5-6,22-23H,4,7H2,1-3H3,(H,24,25). The average Bonchev–Trinajstić information content (AvgIpc) is 2.78. The molecule has 0 saturated heterocycles. The summed E-state index contributed by atoms with van der Waals surface area (Å²) in [5, 5.41) is 30.1. The van der Waals surface area contributed by atoms with Crippen molar-refractivity contribution in [3.8, 4) is 28.7 Å². The van der Waals surface area contributed by atoms with E-state index in [0.29, 0.717) is 6.29 Å². The summed E-state index contributed by atoms with van der Waals surface area (Å²) in [6, 6.07) is 1.22. The van der Waals surface area contributed by atoms with Gasteiger partial charge in [0.1, 0.15) is 22.6 Å². The van der Waals surface area contributed by atoms with Gasteiger partial charge in [0.05, 0.1) is 17.7 Å². The summed E-state index contributed by atoms with van der Waals surface area (Å²) in [5.74, 6) is -3.97. The highest BCUT2D eigenvalue weighted by molar-refractivity contribution is 6.02. The topological polar surface area (TPSA) is 140 Å². The van der Waals surface area contributed by atoms with Gasteiger partial charge in [-0.1, -0.05) is 0 Å². The number of aryl methyl sites for hydroxylation is 1. The maximum absolute atomic E-state index is 12.8. The predicted octanol–water partition coefficient (Wildman–Crippen LogP) is 3.09. The van der Waals surface area contributed by atoms with Gasteiger partial charge < -0.3 is 29.5 Å². The number of carboxylic acids is 1. The molecule has 1 heterocycles. The second-order valence-electron chi connectivity index (χ2n) is 6.37. The molecule has 9 heteroatoms. The van der Waals surface area contributed by atoms with Crippen LogP contribution in [0.4, 0.5) is 0 Å². The lowest BCUT2D eigenvalue weighted by molar-refractivity contribution is 0.0691. The molecule has 0 radical (unpaired) electrons. The van der Waals surface area contributed by atoms with Gasteiger partial charge in [-0.2, -0.15) is 0 Å². The average molecular weight is 402 g/mol. The van der Waals surface area contributed by atoms with Crippen molar-refractivity contribution in [3.63, 3.8) is 0 Å². The van der Waals surface area contributed by atoms with Crippen molar-refractivity contribution in [1.29, 1.82) is 0 Å². The van der Waals surface area contributed by atoms with Crippen LogP contribution in [0.3, 0.4) is 0 Å². The molecule has 0 bridgehead atoms. The molecule has 0 amide bonds. The Balaban J connectivity index is 2.39. The third kappa shape index (κ3) is 3.15. The van der Waals surface area contributed by atoms with Crippen LogP contribution in [0.5, 0.6) is 28.7 Å². The second-order valence-corrected chi connectivity index (χ2v) is 6.37. The van der Waals surface area contributed by atoms with Crippen molar-refractivity contribution in [2.24, 2.45) is 0 Å². The zero-order valence-corrected chi connectivity index (χ0v) is 15.9. The maximum atomic E-state index is 12.8. The van der Waals surface area contributed by atoms with Gasteiger partial charge in [0.25, 0.3) is 0 Å². The molecular formula is C20H18O9. The Hall–Kier alpha value is -3.59. The van der Waals surface area contributed by atoms with Crippen LogP contribution in [0.15, 0.2) is 6.07 Å². The fraction of sp³-hybridized carbons (Fsp3) is 0.250. The van der Waals surface area contributed by atoms with Gasteiger partial charge in [0.15, 0.2) is 23.5 Å². The number of aromatic hydroxyl groups is 2. The largest absolute Gasteiger partial charge is 0.507 e. The molecule has 0 aromatic heterocycles. The Bertz CT molecular complexity index is 1050. The first-order chi connectivity index (χ1) is 13.7. The highest BCUT2D eigenvalue weighted by Crippen LogP contribution is 2.50. The first-order valence-electron chi connectivity index (χ1n) is 8.64. The Kier molecular flexibility index (Phi) is 5.17. The van der Waals surface area contributed by atoms with Crippen LogP contribution in [-0.2, 0) is 11.3 Å². The number of phenols is 2. The van der Waals surface area contributed by atoms with E-state index in [-0.39, 0.29) is 58.3 Å². The lowest BCUT2D eigenvalue weighted by Crippen LogP contribution is -2.12. The van der Waals surface area contributed by atoms with Crippen LogP contribution in [0.25, 0.3) is 0 Å². The number of hydrogen-bond acceptors (Lipinski definition) is 8. The number of aromatic carboxylic acids is 1. The molecule has 0 atom stereocenters. The number of carbonyl (C=O) groups is 3. The van der Waals surface area contributed by atoms with E-state index in [9.17, 15) is 29.7 Å². The van der Waals surface area contributed by atoms with Gasteiger partial charge in [0, 0.05) is 12.2 Å². The molecule has 0 aliphatic carbocycles. The molecule has 3 rings (SSSR count). The number of carbonyl (C=O) groups excluding carboxylic acids is 2. The van der Waals surface area contributed by atoms with E-state index in [1.54, 1.807) is 6.92 Å². The number of hydrogen-bond donors (Lipinski definition) is 3. The molecule has 29 heavy (non-hydrogen) atoms. The van der Waals surface area contributed by atoms with Crippen LogP contribution in [0.1, 0.15) is 54.7 Å². The quantitative estimate of drug-likeness (QED) is 0.391. The molecule has 1 aliphatic heterocycles. The van der Waals surface area contributed by atoms with Gasteiger partial charge in [-0.05, 0) is 32.4 Å². The molecule has 0 saturated carbocycles. The van der Waals surface area contributed by atoms with Gasteiger partial charge in [0.2, 0.25) is 0 Å². The maximum Gasteiger partial charge on any atom is 0.347 e. The lowest BCUT2D eigenvalue weighted by Gasteiger charge is -2.18. The summed E-state index contributed by atoms with van der Waals surface area (Å²) in [6.07, 6.45) is 0.320. The van der Waals surface area contributed by atoms with Crippen LogP contribution in [0.2, 0.25) is 0 Å².